The summed E-state index contributed by atoms with van der Waals surface area (Å²) in [6.45, 7) is 2.02. The number of nitrogens with one attached hydrogen (secondary N) is 1. The number of benzene rings is 2. The highest BCUT2D eigenvalue weighted by atomic mass is 35.5. The average Bonchev–Trinajstić information content (AvgIpc) is 2.80. The van der Waals surface area contributed by atoms with E-state index in [-0.39, 0.29) is 18.0 Å². The van der Waals surface area contributed by atoms with Crippen LogP contribution in [0.1, 0.15) is 24.0 Å². The van der Waals surface area contributed by atoms with Crippen molar-refractivity contribution < 1.29 is 4.79 Å². The molecule has 0 saturated carbocycles. The highest BCUT2D eigenvalue weighted by Crippen LogP contribution is 2.24. The summed E-state index contributed by atoms with van der Waals surface area (Å²) in [5.74, 6) is 1.13. The maximum Gasteiger partial charge on any atom is 0.267 e. The Hall–Kier alpha value is -3.12. The van der Waals surface area contributed by atoms with Crippen LogP contribution in [0, 0.1) is 5.92 Å². The predicted octanol–water partition coefficient (Wildman–Crippen LogP) is 3.67. The molecule has 0 aliphatic carbocycles. The van der Waals surface area contributed by atoms with Gasteiger partial charge >= 0.3 is 0 Å². The second kappa shape index (κ2) is 10.5. The molecular formula is C25H27ClN4O2. The minimum atomic E-state index is -0.286. The Balaban J connectivity index is 1.32. The van der Waals surface area contributed by atoms with Gasteiger partial charge in [0.05, 0.1) is 0 Å². The van der Waals surface area contributed by atoms with Gasteiger partial charge in [-0.1, -0.05) is 54.1 Å². The molecule has 32 heavy (non-hydrogen) atoms. The highest BCUT2D eigenvalue weighted by molar-refractivity contribution is 6.30. The van der Waals surface area contributed by atoms with E-state index in [4.69, 9.17) is 11.6 Å². The SMILES string of the molecule is O=C(Cn1nc(N2CCC(Cc3ccccc3)CC2)ccc1=O)NCc1cccc(Cl)c1. The zero-order chi connectivity index (χ0) is 22.3. The first-order valence-electron chi connectivity index (χ1n) is 10.9. The van der Waals surface area contributed by atoms with Gasteiger partial charge < -0.3 is 10.2 Å². The predicted molar refractivity (Wildman–Crippen MR) is 127 cm³/mol. The van der Waals surface area contributed by atoms with E-state index in [1.807, 2.05) is 18.2 Å². The lowest BCUT2D eigenvalue weighted by Crippen LogP contribution is -2.38. The van der Waals surface area contributed by atoms with E-state index in [0.717, 1.165) is 43.7 Å². The van der Waals surface area contributed by atoms with Gasteiger partial charge in [0.25, 0.3) is 5.56 Å². The Morgan fingerprint density at radius 3 is 2.50 bits per heavy atom. The van der Waals surface area contributed by atoms with Crippen LogP contribution in [0.2, 0.25) is 5.02 Å². The minimum Gasteiger partial charge on any atom is -0.355 e. The van der Waals surface area contributed by atoms with Crippen molar-refractivity contribution in [3.63, 3.8) is 0 Å². The van der Waals surface area contributed by atoms with Crippen LogP contribution in [0.5, 0.6) is 0 Å². The van der Waals surface area contributed by atoms with E-state index in [2.05, 4.69) is 39.6 Å². The highest BCUT2D eigenvalue weighted by Gasteiger charge is 2.21. The number of carbonyl (C=O) groups is 1. The zero-order valence-corrected chi connectivity index (χ0v) is 18.7. The summed E-state index contributed by atoms with van der Waals surface area (Å²) in [6.07, 6.45) is 3.25. The molecule has 1 aliphatic heterocycles. The number of amides is 1. The van der Waals surface area contributed by atoms with Crippen molar-refractivity contribution >= 4 is 23.3 Å². The van der Waals surface area contributed by atoms with Gasteiger partial charge in [-0.25, -0.2) is 4.68 Å². The van der Waals surface area contributed by atoms with Crippen molar-refractivity contribution in [2.24, 2.45) is 5.92 Å². The molecule has 1 aromatic heterocycles. The first-order chi connectivity index (χ1) is 15.6. The van der Waals surface area contributed by atoms with Gasteiger partial charge in [-0.2, -0.15) is 5.10 Å². The number of hydrogen-bond donors (Lipinski definition) is 1. The van der Waals surface area contributed by atoms with Crippen molar-refractivity contribution in [3.05, 3.63) is 93.2 Å². The van der Waals surface area contributed by atoms with Gasteiger partial charge in [-0.3, -0.25) is 9.59 Å². The molecule has 1 saturated heterocycles. The summed E-state index contributed by atoms with van der Waals surface area (Å²) < 4.78 is 1.23. The van der Waals surface area contributed by atoms with E-state index < -0.39 is 0 Å². The largest absolute Gasteiger partial charge is 0.355 e. The molecule has 166 valence electrons. The van der Waals surface area contributed by atoms with Crippen LogP contribution in [0.4, 0.5) is 5.82 Å². The Bertz CT molecular complexity index is 1110. The Labute approximate surface area is 192 Å². The lowest BCUT2D eigenvalue weighted by Gasteiger charge is -2.33. The number of halogens is 1. The lowest BCUT2D eigenvalue weighted by atomic mass is 9.90. The van der Waals surface area contributed by atoms with Crippen LogP contribution < -0.4 is 15.8 Å². The smallest absolute Gasteiger partial charge is 0.267 e. The number of aromatic nitrogens is 2. The van der Waals surface area contributed by atoms with Crippen LogP contribution in [0.15, 0.2) is 71.5 Å². The van der Waals surface area contributed by atoms with E-state index in [1.54, 1.807) is 18.2 Å². The van der Waals surface area contributed by atoms with Gasteiger partial charge in [0, 0.05) is 30.7 Å². The molecule has 0 unspecified atom stereocenters. The van der Waals surface area contributed by atoms with E-state index in [9.17, 15) is 9.59 Å². The van der Waals surface area contributed by atoms with Crippen molar-refractivity contribution in [2.75, 3.05) is 18.0 Å². The molecule has 1 fully saturated rings. The number of piperidine rings is 1. The molecule has 1 amide bonds. The summed E-state index contributed by atoms with van der Waals surface area (Å²) in [6, 6.07) is 21.1. The lowest BCUT2D eigenvalue weighted by molar-refractivity contribution is -0.122. The maximum atomic E-state index is 12.4. The molecule has 2 heterocycles. The molecule has 0 bridgehead atoms. The molecule has 0 spiro atoms. The number of anilines is 1. The van der Waals surface area contributed by atoms with Crippen LogP contribution in [0.25, 0.3) is 0 Å². The third-order valence-electron chi connectivity index (χ3n) is 5.83. The Morgan fingerprint density at radius 2 is 1.75 bits per heavy atom. The van der Waals surface area contributed by atoms with Gasteiger partial charge in [0.1, 0.15) is 12.4 Å². The fraction of sp³-hybridized carbons (Fsp3) is 0.320. The number of rotatable bonds is 7. The molecule has 0 atom stereocenters. The molecule has 6 nitrogen and oxygen atoms in total. The number of carbonyl (C=O) groups excluding carboxylic acids is 1. The monoisotopic (exact) mass is 450 g/mol. The second-order valence-electron chi connectivity index (χ2n) is 8.21. The fourth-order valence-corrected chi connectivity index (χ4v) is 4.29. The summed E-state index contributed by atoms with van der Waals surface area (Å²) in [7, 11) is 0. The molecule has 4 rings (SSSR count). The van der Waals surface area contributed by atoms with Gasteiger partial charge in [-0.05, 0) is 54.5 Å². The van der Waals surface area contributed by atoms with Gasteiger partial charge in [0.2, 0.25) is 5.91 Å². The van der Waals surface area contributed by atoms with Crippen molar-refractivity contribution in [2.45, 2.75) is 32.4 Å². The van der Waals surface area contributed by atoms with Gasteiger partial charge in [0.15, 0.2) is 0 Å². The molecule has 1 aliphatic rings. The van der Waals surface area contributed by atoms with Crippen molar-refractivity contribution in [3.8, 4) is 0 Å². The summed E-state index contributed by atoms with van der Waals surface area (Å²) in [5.41, 5.74) is 1.99. The zero-order valence-electron chi connectivity index (χ0n) is 17.9. The van der Waals surface area contributed by atoms with Crippen LogP contribution >= 0.6 is 11.6 Å². The van der Waals surface area contributed by atoms with Crippen LogP contribution in [0.3, 0.4) is 0 Å². The first kappa shape index (κ1) is 22.1. The first-order valence-corrected chi connectivity index (χ1v) is 11.3. The quantitative estimate of drug-likeness (QED) is 0.596. The molecular weight excluding hydrogens is 424 g/mol. The molecule has 7 heteroatoms. The van der Waals surface area contributed by atoms with Crippen molar-refractivity contribution in [1.82, 2.24) is 15.1 Å². The van der Waals surface area contributed by atoms with Crippen LogP contribution in [-0.2, 0) is 24.3 Å². The number of hydrogen-bond acceptors (Lipinski definition) is 4. The van der Waals surface area contributed by atoms with E-state index in [0.29, 0.717) is 17.5 Å². The van der Waals surface area contributed by atoms with Crippen molar-refractivity contribution in [1.29, 1.82) is 0 Å². The Morgan fingerprint density at radius 1 is 1.00 bits per heavy atom. The third-order valence-corrected chi connectivity index (χ3v) is 6.07. The topological polar surface area (TPSA) is 67.2 Å². The summed E-state index contributed by atoms with van der Waals surface area (Å²) in [5, 5.41) is 7.90. The van der Waals surface area contributed by atoms with E-state index >= 15 is 0 Å². The molecule has 2 aromatic carbocycles. The maximum absolute atomic E-state index is 12.4. The third kappa shape index (κ3) is 5.98. The van der Waals surface area contributed by atoms with Crippen LogP contribution in [-0.4, -0.2) is 28.8 Å². The standard InChI is InChI=1S/C25H27ClN4O2/c26-22-8-4-7-21(16-22)17-27-24(31)18-30-25(32)10-9-23(28-30)29-13-11-20(12-14-29)15-19-5-2-1-3-6-19/h1-10,16,20H,11-15,17-18H2,(H,27,31). The normalized spacial score (nSPS) is 14.3. The fourth-order valence-electron chi connectivity index (χ4n) is 4.07. The summed E-state index contributed by atoms with van der Waals surface area (Å²) >= 11 is 5.98. The molecule has 3 aromatic rings. The van der Waals surface area contributed by atoms with Gasteiger partial charge in [-0.15, -0.1) is 0 Å². The number of nitrogens with zero attached hydrogens (tertiary/aromatic N) is 3. The second-order valence-corrected chi connectivity index (χ2v) is 8.65. The molecule has 0 radical (unpaired) electrons. The van der Waals surface area contributed by atoms with E-state index in [1.165, 1.54) is 16.3 Å². The Kier molecular flexibility index (Phi) is 7.22. The minimum absolute atomic E-state index is 0.113. The summed E-state index contributed by atoms with van der Waals surface area (Å²) in [4.78, 5) is 26.8. The average molecular weight is 451 g/mol. The molecule has 1 N–H and O–H groups in total.